The third kappa shape index (κ3) is 5.13. The number of hydrogen-bond donors (Lipinski definition) is 2. The van der Waals surface area contributed by atoms with Gasteiger partial charge >= 0.3 is 0 Å². The Labute approximate surface area is 197 Å². The zero-order valence-electron chi connectivity index (χ0n) is 18.3. The molecule has 0 radical (unpaired) electrons. The Morgan fingerprint density at radius 2 is 1.79 bits per heavy atom. The summed E-state index contributed by atoms with van der Waals surface area (Å²) >= 11 is 6.23. The maximum absolute atomic E-state index is 12.6. The third-order valence-corrected chi connectivity index (χ3v) is 5.43. The second-order valence-electron chi connectivity index (χ2n) is 7.46. The van der Waals surface area contributed by atoms with E-state index < -0.39 is 0 Å². The molecule has 1 amide bonds. The van der Waals surface area contributed by atoms with Crippen LogP contribution in [0.2, 0.25) is 5.02 Å². The molecule has 33 heavy (non-hydrogen) atoms. The Balaban J connectivity index is 1.62. The van der Waals surface area contributed by atoms with Gasteiger partial charge in [0.15, 0.2) is 0 Å². The molecule has 0 fully saturated rings. The van der Waals surface area contributed by atoms with E-state index in [1.54, 1.807) is 6.07 Å². The van der Waals surface area contributed by atoms with Gasteiger partial charge in [0.1, 0.15) is 5.82 Å². The van der Waals surface area contributed by atoms with E-state index in [4.69, 9.17) is 16.6 Å². The molecule has 0 aliphatic heterocycles. The fourth-order valence-electron chi connectivity index (χ4n) is 3.53. The molecule has 3 aromatic carbocycles. The lowest BCUT2D eigenvalue weighted by Gasteiger charge is -2.24. The van der Waals surface area contributed by atoms with Crippen molar-refractivity contribution in [3.8, 4) is 0 Å². The topological polar surface area (TPSA) is 70.2 Å². The van der Waals surface area contributed by atoms with Gasteiger partial charge in [0.2, 0.25) is 11.9 Å². The van der Waals surface area contributed by atoms with Crippen molar-refractivity contribution in [2.75, 3.05) is 28.6 Å². The number of anilines is 4. The predicted octanol–water partition coefficient (Wildman–Crippen LogP) is 5.97. The average Bonchev–Trinajstić information content (AvgIpc) is 2.84. The van der Waals surface area contributed by atoms with E-state index in [0.717, 1.165) is 28.0 Å². The lowest BCUT2D eigenvalue weighted by atomic mass is 10.2. The van der Waals surface area contributed by atoms with E-state index in [0.29, 0.717) is 23.2 Å². The molecule has 0 saturated heterocycles. The van der Waals surface area contributed by atoms with Crippen LogP contribution in [-0.4, -0.2) is 29.0 Å². The zero-order valence-corrected chi connectivity index (χ0v) is 19.0. The van der Waals surface area contributed by atoms with Crippen LogP contribution in [0.3, 0.4) is 0 Å². The fourth-order valence-corrected chi connectivity index (χ4v) is 3.80. The van der Waals surface area contributed by atoms with Gasteiger partial charge in [0.25, 0.3) is 0 Å². The number of nitrogens with one attached hydrogen (secondary N) is 2. The summed E-state index contributed by atoms with van der Waals surface area (Å²) in [6, 6.07) is 23.3. The van der Waals surface area contributed by atoms with Crippen molar-refractivity contribution < 1.29 is 4.79 Å². The van der Waals surface area contributed by atoms with Crippen LogP contribution in [0.15, 0.2) is 85.5 Å². The summed E-state index contributed by atoms with van der Waals surface area (Å²) < 4.78 is 0. The Kier molecular flexibility index (Phi) is 6.86. The van der Waals surface area contributed by atoms with Crippen LogP contribution >= 0.6 is 11.6 Å². The number of aromatic nitrogens is 2. The molecule has 0 saturated carbocycles. The van der Waals surface area contributed by atoms with Crippen LogP contribution in [0.1, 0.15) is 5.56 Å². The normalized spacial score (nSPS) is 10.6. The molecule has 166 valence electrons. The zero-order chi connectivity index (χ0) is 23.2. The Hall–Kier alpha value is -3.90. The van der Waals surface area contributed by atoms with Crippen LogP contribution in [0.5, 0.6) is 0 Å². The highest BCUT2D eigenvalue weighted by atomic mass is 35.5. The molecule has 2 N–H and O–H groups in total. The molecule has 6 nitrogen and oxygen atoms in total. The summed E-state index contributed by atoms with van der Waals surface area (Å²) in [5.74, 6) is 0.854. The SMILES string of the molecule is C=CCN(c1ccccc1)c1nc(NCC(=O)Nc2c(C)cccc2Cl)nc2ccccc12. The molecule has 1 heterocycles. The quantitative estimate of drug-likeness (QED) is 0.319. The average molecular weight is 458 g/mol. The number of rotatable bonds is 8. The maximum Gasteiger partial charge on any atom is 0.243 e. The first-order valence-electron chi connectivity index (χ1n) is 10.6. The first-order chi connectivity index (χ1) is 16.1. The highest BCUT2D eigenvalue weighted by molar-refractivity contribution is 6.34. The van der Waals surface area contributed by atoms with Crippen molar-refractivity contribution in [3.05, 3.63) is 96.0 Å². The van der Waals surface area contributed by atoms with Crippen molar-refractivity contribution >= 4 is 51.6 Å². The lowest BCUT2D eigenvalue weighted by Crippen LogP contribution is -2.24. The van der Waals surface area contributed by atoms with Gasteiger partial charge in [-0.2, -0.15) is 4.98 Å². The minimum absolute atomic E-state index is 0.00472. The van der Waals surface area contributed by atoms with Crippen molar-refractivity contribution in [1.29, 1.82) is 0 Å². The van der Waals surface area contributed by atoms with E-state index in [1.807, 2.05) is 79.7 Å². The Morgan fingerprint density at radius 1 is 1.03 bits per heavy atom. The van der Waals surface area contributed by atoms with Crippen molar-refractivity contribution in [1.82, 2.24) is 9.97 Å². The van der Waals surface area contributed by atoms with E-state index in [2.05, 4.69) is 27.1 Å². The summed E-state index contributed by atoms with van der Waals surface area (Å²) in [6.45, 7) is 6.36. The highest BCUT2D eigenvalue weighted by Crippen LogP contribution is 2.31. The minimum atomic E-state index is -0.240. The van der Waals surface area contributed by atoms with Crippen LogP contribution < -0.4 is 15.5 Å². The Morgan fingerprint density at radius 3 is 2.55 bits per heavy atom. The summed E-state index contributed by atoms with van der Waals surface area (Å²) in [4.78, 5) is 24.0. The Bertz CT molecular complexity index is 1270. The molecular formula is C26H24ClN5O. The standard InChI is InChI=1S/C26H24ClN5O/c1-3-16-32(19-11-5-4-6-12-19)25-20-13-7-8-15-22(20)29-26(31-25)28-17-23(33)30-24-18(2)10-9-14-21(24)27/h3-15H,1,16-17H2,2H3,(H,30,33)(H,28,29,31). The molecule has 4 rings (SSSR count). The van der Waals surface area contributed by atoms with Gasteiger partial charge in [0, 0.05) is 17.6 Å². The number of carbonyl (C=O) groups excluding carboxylic acids is 1. The van der Waals surface area contributed by atoms with Crippen LogP contribution in [-0.2, 0) is 4.79 Å². The fraction of sp³-hybridized carbons (Fsp3) is 0.115. The van der Waals surface area contributed by atoms with Gasteiger partial charge in [0.05, 0.1) is 22.8 Å². The summed E-state index contributed by atoms with van der Waals surface area (Å²) in [5, 5.41) is 7.31. The largest absolute Gasteiger partial charge is 0.345 e. The van der Waals surface area contributed by atoms with Gasteiger partial charge < -0.3 is 15.5 Å². The maximum atomic E-state index is 12.6. The van der Waals surface area contributed by atoms with E-state index in [9.17, 15) is 4.79 Å². The summed E-state index contributed by atoms with van der Waals surface area (Å²) in [6.07, 6.45) is 1.83. The first-order valence-corrected chi connectivity index (χ1v) is 10.9. The van der Waals surface area contributed by atoms with Crippen LogP contribution in [0.25, 0.3) is 10.9 Å². The molecule has 4 aromatic rings. The van der Waals surface area contributed by atoms with Crippen LogP contribution in [0, 0.1) is 6.92 Å². The van der Waals surface area contributed by atoms with Gasteiger partial charge in [-0.15, -0.1) is 6.58 Å². The monoisotopic (exact) mass is 457 g/mol. The molecule has 0 unspecified atom stereocenters. The summed E-state index contributed by atoms with van der Waals surface area (Å²) in [7, 11) is 0. The number of carbonyl (C=O) groups is 1. The van der Waals surface area contributed by atoms with Gasteiger partial charge in [-0.3, -0.25) is 4.79 Å². The number of halogens is 1. The third-order valence-electron chi connectivity index (χ3n) is 5.11. The number of nitrogens with zero attached hydrogens (tertiary/aromatic N) is 3. The van der Waals surface area contributed by atoms with Crippen molar-refractivity contribution in [3.63, 3.8) is 0 Å². The molecule has 0 atom stereocenters. The van der Waals surface area contributed by atoms with Gasteiger partial charge in [-0.1, -0.05) is 60.1 Å². The molecule has 0 bridgehead atoms. The second-order valence-corrected chi connectivity index (χ2v) is 7.86. The number of aryl methyl sites for hydroxylation is 1. The number of benzene rings is 3. The summed E-state index contributed by atoms with van der Waals surface area (Å²) in [5.41, 5.74) is 3.26. The van der Waals surface area contributed by atoms with E-state index in [-0.39, 0.29) is 12.5 Å². The molecule has 0 aliphatic rings. The molecule has 0 aliphatic carbocycles. The minimum Gasteiger partial charge on any atom is -0.345 e. The molecule has 7 heteroatoms. The van der Waals surface area contributed by atoms with Crippen molar-refractivity contribution in [2.24, 2.45) is 0 Å². The van der Waals surface area contributed by atoms with E-state index >= 15 is 0 Å². The molecule has 0 spiro atoms. The molecule has 1 aromatic heterocycles. The van der Waals surface area contributed by atoms with Gasteiger partial charge in [-0.25, -0.2) is 4.98 Å². The first kappa shape index (κ1) is 22.3. The number of hydrogen-bond acceptors (Lipinski definition) is 5. The number of amides is 1. The number of para-hydroxylation sites is 3. The molecular weight excluding hydrogens is 434 g/mol. The second kappa shape index (κ2) is 10.1. The lowest BCUT2D eigenvalue weighted by molar-refractivity contribution is -0.114. The van der Waals surface area contributed by atoms with E-state index in [1.165, 1.54) is 0 Å². The van der Waals surface area contributed by atoms with Crippen molar-refractivity contribution in [2.45, 2.75) is 6.92 Å². The number of fused-ring (bicyclic) bond motifs is 1. The van der Waals surface area contributed by atoms with Gasteiger partial charge in [-0.05, 0) is 42.8 Å². The smallest absolute Gasteiger partial charge is 0.243 e. The highest BCUT2D eigenvalue weighted by Gasteiger charge is 2.16. The van der Waals surface area contributed by atoms with Crippen LogP contribution in [0.4, 0.5) is 23.1 Å². The predicted molar refractivity (Wildman–Crippen MR) is 136 cm³/mol.